The molecule has 4 heterocycles. The van der Waals surface area contributed by atoms with Gasteiger partial charge in [0.2, 0.25) is 0 Å². The summed E-state index contributed by atoms with van der Waals surface area (Å²) in [5.41, 5.74) is 4.15. The molecule has 13 heteroatoms. The van der Waals surface area contributed by atoms with E-state index < -0.39 is 29.1 Å². The van der Waals surface area contributed by atoms with E-state index >= 15 is 0 Å². The molecule has 2 fully saturated rings. The van der Waals surface area contributed by atoms with Crippen LogP contribution in [0.15, 0.2) is 70.9 Å². The summed E-state index contributed by atoms with van der Waals surface area (Å²) < 4.78 is 19.9. The van der Waals surface area contributed by atoms with Crippen LogP contribution in [-0.4, -0.2) is 83.2 Å². The van der Waals surface area contributed by atoms with Crippen molar-refractivity contribution in [2.45, 2.75) is 52.5 Å². The van der Waals surface area contributed by atoms with E-state index in [1.165, 1.54) is 23.5 Å². The van der Waals surface area contributed by atoms with Crippen LogP contribution < -0.4 is 10.2 Å². The predicted molar refractivity (Wildman–Crippen MR) is 192 cm³/mol. The van der Waals surface area contributed by atoms with Gasteiger partial charge in [-0.1, -0.05) is 36.7 Å². The Morgan fingerprint density at radius 3 is 2.54 bits per heavy atom. The van der Waals surface area contributed by atoms with Gasteiger partial charge in [0.1, 0.15) is 10.8 Å². The van der Waals surface area contributed by atoms with Gasteiger partial charge in [0, 0.05) is 66.6 Å². The van der Waals surface area contributed by atoms with Crippen LogP contribution in [0.4, 0.5) is 14.9 Å². The summed E-state index contributed by atoms with van der Waals surface area (Å²) in [5.74, 6) is -2.38. The Morgan fingerprint density at radius 1 is 1.14 bits per heavy atom. The number of urea groups is 1. The number of dihydropyridines is 1. The number of esters is 1. The summed E-state index contributed by atoms with van der Waals surface area (Å²) in [4.78, 5) is 49.5. The van der Waals surface area contributed by atoms with E-state index in [-0.39, 0.29) is 23.7 Å². The average Bonchev–Trinajstić information content (AvgIpc) is 3.73. The molecule has 2 N–H and O–H groups in total. The number of rotatable bonds is 11. The molecule has 0 saturated carbocycles. The molecule has 0 spiro atoms. The Hall–Kier alpha value is -4.26. The van der Waals surface area contributed by atoms with E-state index in [1.807, 2.05) is 41.5 Å². The molecule has 6 rings (SSSR count). The summed E-state index contributed by atoms with van der Waals surface area (Å²) in [6, 6.07) is 11.6. The number of hydrogen-bond acceptors (Lipinski definition) is 8. The number of hydrogen-bond donors (Lipinski definition) is 2. The van der Waals surface area contributed by atoms with Crippen LogP contribution in [0.25, 0.3) is 5.70 Å². The molecule has 2 saturated heterocycles. The number of nitrogens with zero attached hydrogens (tertiary/aromatic N) is 4. The van der Waals surface area contributed by atoms with Crippen molar-refractivity contribution in [1.29, 1.82) is 0 Å². The highest BCUT2D eigenvalue weighted by atomic mass is 35.5. The molecule has 10 nitrogen and oxygen atoms in total. The predicted octanol–water partition coefficient (Wildman–Crippen LogP) is 6.54. The van der Waals surface area contributed by atoms with Gasteiger partial charge in [-0.2, -0.15) is 0 Å². The zero-order chi connectivity index (χ0) is 35.7. The molecule has 0 aliphatic carbocycles. The lowest BCUT2D eigenvalue weighted by atomic mass is 9.79. The van der Waals surface area contributed by atoms with Crippen molar-refractivity contribution in [1.82, 2.24) is 20.1 Å². The molecular weight excluding hydrogens is 681 g/mol. The fraction of sp³-hybridized carbons (Fsp3) is 0.405. The first-order valence-electron chi connectivity index (χ1n) is 16.8. The van der Waals surface area contributed by atoms with Crippen molar-refractivity contribution in [2.24, 2.45) is 5.41 Å². The number of carbonyl (C=O) groups excluding carboxylic acids is 2. The number of fused-ring (bicyclic) bond motifs is 1. The maximum atomic E-state index is 14.3. The van der Waals surface area contributed by atoms with Crippen molar-refractivity contribution in [2.75, 3.05) is 44.2 Å². The number of piperazine rings is 1. The Kier molecular flexibility index (Phi) is 10.3. The molecule has 1 unspecified atom stereocenters. The number of halogens is 2. The molecule has 2 aromatic carbocycles. The summed E-state index contributed by atoms with van der Waals surface area (Å²) in [5, 5.41) is 16.0. The summed E-state index contributed by atoms with van der Waals surface area (Å²) >= 11 is 8.17. The van der Waals surface area contributed by atoms with Gasteiger partial charge in [0.15, 0.2) is 0 Å². The number of thiazole rings is 1. The highest BCUT2D eigenvalue weighted by molar-refractivity contribution is 7.10. The van der Waals surface area contributed by atoms with Crippen molar-refractivity contribution in [3.05, 3.63) is 97.9 Å². The second-order valence-corrected chi connectivity index (χ2v) is 14.7. The molecule has 0 bridgehead atoms. The second kappa shape index (κ2) is 14.5. The van der Waals surface area contributed by atoms with E-state index in [4.69, 9.17) is 16.3 Å². The number of nitrogens with one attached hydrogen (secondary N) is 1. The summed E-state index contributed by atoms with van der Waals surface area (Å²) in [6.07, 6.45) is 2.69. The van der Waals surface area contributed by atoms with Crippen LogP contribution in [0.1, 0.15) is 56.2 Å². The maximum Gasteiger partial charge on any atom is 0.336 e. The van der Waals surface area contributed by atoms with Gasteiger partial charge in [-0.3, -0.25) is 14.6 Å². The lowest BCUT2D eigenvalue weighted by Crippen LogP contribution is -2.53. The van der Waals surface area contributed by atoms with E-state index in [0.717, 1.165) is 27.5 Å². The van der Waals surface area contributed by atoms with Crippen LogP contribution in [0.3, 0.4) is 0 Å². The Labute approximate surface area is 300 Å². The van der Waals surface area contributed by atoms with Crippen molar-refractivity contribution in [3.8, 4) is 0 Å². The average molecular weight is 722 g/mol. The number of benzene rings is 2. The van der Waals surface area contributed by atoms with Crippen molar-refractivity contribution in [3.63, 3.8) is 0 Å². The molecule has 2 amide bonds. The number of ether oxygens (including phenoxy) is 1. The van der Waals surface area contributed by atoms with Crippen molar-refractivity contribution < 1.29 is 28.6 Å². The molecule has 3 aliphatic rings. The number of allylic oxidation sites excluding steroid dienone is 1. The molecule has 264 valence electrons. The zero-order valence-corrected chi connectivity index (χ0v) is 30.1. The third-order valence-corrected chi connectivity index (χ3v) is 10.8. The van der Waals surface area contributed by atoms with Gasteiger partial charge < -0.3 is 20.1 Å². The minimum atomic E-state index is -0.898. The number of carboxylic acid groups (broad SMARTS) is 1. The van der Waals surface area contributed by atoms with E-state index in [9.17, 15) is 23.9 Å². The second-order valence-electron chi connectivity index (χ2n) is 13.4. The zero-order valence-electron chi connectivity index (χ0n) is 28.5. The molecule has 3 aliphatic heterocycles. The van der Waals surface area contributed by atoms with Crippen LogP contribution in [0.2, 0.25) is 5.02 Å². The van der Waals surface area contributed by atoms with Gasteiger partial charge in [-0.15, -0.1) is 11.3 Å². The van der Waals surface area contributed by atoms with Gasteiger partial charge in [0.05, 0.1) is 29.3 Å². The van der Waals surface area contributed by atoms with Gasteiger partial charge in [-0.05, 0) is 74.6 Å². The molecule has 3 aromatic rings. The molecular formula is C37H41ClFN5O5S. The lowest BCUT2D eigenvalue weighted by Gasteiger charge is -2.39. The third-order valence-electron chi connectivity index (χ3n) is 9.65. The molecule has 1 aromatic heterocycles. The minimum absolute atomic E-state index is 0.0666. The lowest BCUT2D eigenvalue weighted by molar-refractivity contribution is -0.146. The first kappa shape index (κ1) is 35.6. The number of carbonyl (C=O) groups is 3. The highest BCUT2D eigenvalue weighted by Gasteiger charge is 2.43. The van der Waals surface area contributed by atoms with Crippen LogP contribution in [0, 0.1) is 11.2 Å². The third kappa shape index (κ3) is 7.01. The number of amides is 2. The molecule has 0 radical (unpaired) electrons. The number of anilines is 1. The number of carboxylic acids is 1. The fourth-order valence-electron chi connectivity index (χ4n) is 7.10. The number of aromatic nitrogens is 1. The standard InChI is InChI=1S/C37H41ClFN5O5S/c1-5-26-30(27-12-9-23(39)17-28(27)38)31(34(45)49-6-2)29(41-32(26)33-40-13-16-50-33)21-42-14-15-43-25(19-42)20-44(36(43)48)24-10-7-22(8-11-24)18-37(3,4)35(46)47/h7-13,16-17,25,30,41H,5-6,14-15,18-21H2,1-4H3,(H,46,47)/t25?,30-/m0/s1. The molecule has 50 heavy (non-hydrogen) atoms. The SMILES string of the molecule is CCOC(=O)C1=C(CN2CCN3C(=O)N(c4ccc(CC(C)(C)C(=O)O)cc4)CC3C2)NC(c2nccs2)=C(CC)[C@H]1c1ccc(F)cc1Cl. The Morgan fingerprint density at radius 2 is 1.90 bits per heavy atom. The first-order valence-corrected chi connectivity index (χ1v) is 18.0. The fourth-order valence-corrected chi connectivity index (χ4v) is 8.05. The quantitative estimate of drug-likeness (QED) is 0.215. The normalized spacial score (nSPS) is 19.9. The monoisotopic (exact) mass is 721 g/mol. The largest absolute Gasteiger partial charge is 0.481 e. The smallest absolute Gasteiger partial charge is 0.336 e. The van der Waals surface area contributed by atoms with Crippen LogP contribution in [-0.2, 0) is 20.7 Å². The number of aliphatic carboxylic acids is 1. The Bertz CT molecular complexity index is 1840. The molecule has 2 atom stereocenters. The van der Waals surface area contributed by atoms with Gasteiger partial charge >= 0.3 is 18.0 Å². The summed E-state index contributed by atoms with van der Waals surface area (Å²) in [7, 11) is 0. The minimum Gasteiger partial charge on any atom is -0.481 e. The van der Waals surface area contributed by atoms with Crippen molar-refractivity contribution >= 4 is 52.3 Å². The maximum absolute atomic E-state index is 14.3. The van der Waals surface area contributed by atoms with Gasteiger partial charge in [-0.25, -0.2) is 19.0 Å². The van der Waals surface area contributed by atoms with Gasteiger partial charge in [0.25, 0.3) is 0 Å². The Balaban J connectivity index is 1.28. The summed E-state index contributed by atoms with van der Waals surface area (Å²) in [6.45, 7) is 9.88. The topological polar surface area (TPSA) is 115 Å². The van der Waals surface area contributed by atoms with E-state index in [0.29, 0.717) is 62.4 Å². The highest BCUT2D eigenvalue weighted by Crippen LogP contribution is 2.45. The van der Waals surface area contributed by atoms with E-state index in [2.05, 4.69) is 15.2 Å². The van der Waals surface area contributed by atoms with Crippen LogP contribution in [0.5, 0.6) is 0 Å². The van der Waals surface area contributed by atoms with E-state index in [1.54, 1.807) is 37.9 Å². The first-order chi connectivity index (χ1) is 23.9. The van der Waals surface area contributed by atoms with Crippen LogP contribution >= 0.6 is 22.9 Å².